The normalized spacial score (nSPS) is 15.3. The van der Waals surface area contributed by atoms with Crippen molar-refractivity contribution in [1.82, 2.24) is 10.6 Å². The molecule has 0 bridgehead atoms. The molecule has 1 aliphatic rings. The Labute approximate surface area is 135 Å². The van der Waals surface area contributed by atoms with Gasteiger partial charge in [-0.05, 0) is 30.7 Å². The quantitative estimate of drug-likeness (QED) is 0.701. The van der Waals surface area contributed by atoms with E-state index in [-0.39, 0.29) is 18.3 Å². The number of hydrogen-bond donors (Lipinski definition) is 3. The first-order valence-electron chi connectivity index (χ1n) is 8.00. The second kappa shape index (κ2) is 8.47. The fourth-order valence-corrected chi connectivity index (χ4v) is 2.59. The van der Waals surface area contributed by atoms with Crippen molar-refractivity contribution in [3.63, 3.8) is 0 Å². The lowest BCUT2D eigenvalue weighted by Gasteiger charge is -2.33. The lowest BCUT2D eigenvalue weighted by molar-refractivity contribution is -0.892. The molecule has 0 radical (unpaired) electrons. The van der Waals surface area contributed by atoms with E-state index in [2.05, 4.69) is 15.5 Å². The average molecular weight is 323 g/mol. The summed E-state index contributed by atoms with van der Waals surface area (Å²) in [5, 5.41) is 4.96. The number of nitrogens with one attached hydrogen (secondary N) is 3. The van der Waals surface area contributed by atoms with Crippen molar-refractivity contribution in [3.05, 3.63) is 30.1 Å². The van der Waals surface area contributed by atoms with Crippen LogP contribution in [-0.2, 0) is 4.79 Å². The number of quaternary nitrogens is 1. The SMILES string of the molecule is CCCNC(=O)NC(=O)C[NH+]1CCN(c2ccc(F)cc2)CC1. The summed E-state index contributed by atoms with van der Waals surface area (Å²) in [6, 6.07) is 6.02. The van der Waals surface area contributed by atoms with E-state index in [1.165, 1.54) is 12.1 Å². The van der Waals surface area contributed by atoms with Crippen LogP contribution in [0.3, 0.4) is 0 Å². The summed E-state index contributed by atoms with van der Waals surface area (Å²) in [5.74, 6) is -0.500. The highest BCUT2D eigenvalue weighted by Gasteiger charge is 2.23. The Kier molecular flexibility index (Phi) is 6.34. The Morgan fingerprint density at radius 2 is 1.87 bits per heavy atom. The van der Waals surface area contributed by atoms with Gasteiger partial charge in [0, 0.05) is 12.2 Å². The first-order valence-corrected chi connectivity index (χ1v) is 8.00. The van der Waals surface area contributed by atoms with Gasteiger partial charge in [0.1, 0.15) is 5.82 Å². The van der Waals surface area contributed by atoms with Crippen molar-refractivity contribution in [1.29, 1.82) is 0 Å². The number of hydrogen-bond acceptors (Lipinski definition) is 3. The molecule has 23 heavy (non-hydrogen) atoms. The molecule has 7 heteroatoms. The van der Waals surface area contributed by atoms with Gasteiger partial charge in [-0.1, -0.05) is 6.92 Å². The summed E-state index contributed by atoms with van der Waals surface area (Å²) in [7, 11) is 0. The molecule has 0 aliphatic carbocycles. The molecule has 126 valence electrons. The van der Waals surface area contributed by atoms with Gasteiger partial charge in [-0.25, -0.2) is 9.18 Å². The number of urea groups is 1. The molecular weight excluding hydrogens is 299 g/mol. The van der Waals surface area contributed by atoms with E-state index >= 15 is 0 Å². The van der Waals surface area contributed by atoms with Crippen molar-refractivity contribution in [2.75, 3.05) is 44.2 Å². The molecule has 3 N–H and O–H groups in total. The van der Waals surface area contributed by atoms with Crippen LogP contribution in [0.1, 0.15) is 13.3 Å². The zero-order valence-corrected chi connectivity index (χ0v) is 13.4. The Hall–Kier alpha value is -2.15. The Morgan fingerprint density at radius 1 is 1.22 bits per heavy atom. The fourth-order valence-electron chi connectivity index (χ4n) is 2.59. The van der Waals surface area contributed by atoms with Gasteiger partial charge in [-0.2, -0.15) is 0 Å². The van der Waals surface area contributed by atoms with Crippen LogP contribution in [0.25, 0.3) is 0 Å². The van der Waals surface area contributed by atoms with Crippen molar-refractivity contribution in [2.24, 2.45) is 0 Å². The lowest BCUT2D eigenvalue weighted by Crippen LogP contribution is -3.16. The molecule has 1 heterocycles. The molecule has 1 fully saturated rings. The molecule has 3 amide bonds. The van der Waals surface area contributed by atoms with Crippen LogP contribution in [0, 0.1) is 5.82 Å². The van der Waals surface area contributed by atoms with Crippen LogP contribution in [0.5, 0.6) is 0 Å². The molecule has 1 saturated heterocycles. The molecule has 0 spiro atoms. The number of nitrogens with zero attached hydrogens (tertiary/aromatic N) is 1. The van der Waals surface area contributed by atoms with Crippen molar-refractivity contribution in [3.8, 4) is 0 Å². The average Bonchev–Trinajstić information content (AvgIpc) is 2.54. The van der Waals surface area contributed by atoms with E-state index < -0.39 is 6.03 Å². The van der Waals surface area contributed by atoms with E-state index in [9.17, 15) is 14.0 Å². The third kappa shape index (κ3) is 5.52. The maximum absolute atomic E-state index is 12.9. The number of anilines is 1. The van der Waals surface area contributed by atoms with Crippen LogP contribution in [0.15, 0.2) is 24.3 Å². The predicted molar refractivity (Wildman–Crippen MR) is 86.0 cm³/mol. The van der Waals surface area contributed by atoms with Crippen LogP contribution in [0.2, 0.25) is 0 Å². The monoisotopic (exact) mass is 323 g/mol. The maximum atomic E-state index is 12.9. The van der Waals surface area contributed by atoms with E-state index in [4.69, 9.17) is 0 Å². The standard InChI is InChI=1S/C16H23FN4O2/c1-2-7-18-16(23)19-15(22)12-20-8-10-21(11-9-20)14-5-3-13(17)4-6-14/h3-6H,2,7-12H2,1H3,(H2,18,19,22,23)/p+1. The predicted octanol–water partition coefficient (Wildman–Crippen LogP) is -0.234. The van der Waals surface area contributed by atoms with Gasteiger partial charge in [0.15, 0.2) is 6.54 Å². The largest absolute Gasteiger partial charge is 0.360 e. The van der Waals surface area contributed by atoms with Gasteiger partial charge in [-0.3, -0.25) is 10.1 Å². The molecule has 1 aromatic carbocycles. The third-order valence-electron chi connectivity index (χ3n) is 3.86. The Morgan fingerprint density at radius 3 is 2.48 bits per heavy atom. The number of piperazine rings is 1. The van der Waals surface area contributed by atoms with Crippen LogP contribution in [-0.4, -0.2) is 51.2 Å². The Balaban J connectivity index is 1.73. The summed E-state index contributed by atoms with van der Waals surface area (Å²) in [5.41, 5.74) is 0.994. The summed E-state index contributed by atoms with van der Waals surface area (Å²) >= 11 is 0. The number of halogens is 1. The maximum Gasteiger partial charge on any atom is 0.321 e. The van der Waals surface area contributed by atoms with Crippen molar-refractivity contribution in [2.45, 2.75) is 13.3 Å². The van der Waals surface area contributed by atoms with Gasteiger partial charge in [0.2, 0.25) is 0 Å². The zero-order valence-electron chi connectivity index (χ0n) is 13.4. The van der Waals surface area contributed by atoms with Crippen molar-refractivity contribution < 1.29 is 18.9 Å². The van der Waals surface area contributed by atoms with Gasteiger partial charge in [0.25, 0.3) is 5.91 Å². The summed E-state index contributed by atoms with van der Waals surface area (Å²) in [6.07, 6.45) is 0.832. The first-order chi connectivity index (χ1) is 11.1. The van der Waals surface area contributed by atoms with Gasteiger partial charge >= 0.3 is 6.03 Å². The highest BCUT2D eigenvalue weighted by Crippen LogP contribution is 2.14. The smallest absolute Gasteiger partial charge is 0.321 e. The minimum absolute atomic E-state index is 0.240. The van der Waals surface area contributed by atoms with Crippen LogP contribution < -0.4 is 20.4 Å². The number of carbonyl (C=O) groups excluding carboxylic acids is 2. The molecule has 6 nitrogen and oxygen atoms in total. The fraction of sp³-hybridized carbons (Fsp3) is 0.500. The Bertz CT molecular complexity index is 527. The van der Waals surface area contributed by atoms with E-state index in [0.29, 0.717) is 6.54 Å². The summed E-state index contributed by atoms with van der Waals surface area (Å²) in [6.45, 7) is 6.02. The topological polar surface area (TPSA) is 65.9 Å². The summed E-state index contributed by atoms with van der Waals surface area (Å²) in [4.78, 5) is 26.6. The van der Waals surface area contributed by atoms with Gasteiger partial charge < -0.3 is 15.1 Å². The lowest BCUT2D eigenvalue weighted by atomic mass is 10.2. The second-order valence-corrected chi connectivity index (χ2v) is 5.69. The molecule has 0 unspecified atom stereocenters. The molecule has 2 rings (SSSR count). The van der Waals surface area contributed by atoms with E-state index in [1.807, 2.05) is 6.92 Å². The molecule has 0 aromatic heterocycles. The van der Waals surface area contributed by atoms with Crippen LogP contribution >= 0.6 is 0 Å². The minimum atomic E-state index is -0.429. The highest BCUT2D eigenvalue weighted by atomic mass is 19.1. The molecular formula is C16H24FN4O2+. The van der Waals surface area contributed by atoms with Gasteiger partial charge in [0.05, 0.1) is 26.2 Å². The minimum Gasteiger partial charge on any atom is -0.360 e. The molecule has 1 aromatic rings. The number of carbonyl (C=O) groups is 2. The number of imide groups is 1. The number of benzene rings is 1. The second-order valence-electron chi connectivity index (χ2n) is 5.69. The first kappa shape index (κ1) is 17.2. The van der Waals surface area contributed by atoms with E-state index in [1.54, 1.807) is 12.1 Å². The van der Waals surface area contributed by atoms with E-state index in [0.717, 1.165) is 43.2 Å². The molecule has 0 saturated carbocycles. The zero-order chi connectivity index (χ0) is 16.7. The number of rotatable bonds is 5. The molecule has 1 aliphatic heterocycles. The highest BCUT2D eigenvalue weighted by molar-refractivity contribution is 5.94. The van der Waals surface area contributed by atoms with Crippen molar-refractivity contribution >= 4 is 17.6 Å². The van der Waals surface area contributed by atoms with Gasteiger partial charge in [-0.15, -0.1) is 0 Å². The molecule has 0 atom stereocenters. The summed E-state index contributed by atoms with van der Waals surface area (Å²) < 4.78 is 12.9. The number of amides is 3. The third-order valence-corrected chi connectivity index (χ3v) is 3.86. The van der Waals surface area contributed by atoms with Crippen LogP contribution in [0.4, 0.5) is 14.9 Å².